The standard InChI is InChI=1S/C9H8N2O3/c12-5-8-10-7-4-2-1-3-6(7)9(13)11(8)14/h1-4,12,14H,5H2. The zero-order valence-electron chi connectivity index (χ0n) is 7.21. The molecule has 2 rings (SSSR count). The second-order valence-electron chi connectivity index (χ2n) is 2.82. The van der Waals surface area contributed by atoms with Gasteiger partial charge in [-0.15, -0.1) is 4.73 Å². The molecule has 2 N–H and O–H groups in total. The van der Waals surface area contributed by atoms with Crippen molar-refractivity contribution in [2.24, 2.45) is 0 Å². The number of hydrogen-bond acceptors (Lipinski definition) is 4. The summed E-state index contributed by atoms with van der Waals surface area (Å²) in [5.41, 5.74) is -0.105. The second-order valence-corrected chi connectivity index (χ2v) is 2.82. The van der Waals surface area contributed by atoms with Crippen molar-refractivity contribution < 1.29 is 10.3 Å². The van der Waals surface area contributed by atoms with Crippen molar-refractivity contribution in [3.8, 4) is 0 Å². The molecule has 72 valence electrons. The van der Waals surface area contributed by atoms with Gasteiger partial charge in [0.25, 0.3) is 5.56 Å². The van der Waals surface area contributed by atoms with Crippen LogP contribution in [0.3, 0.4) is 0 Å². The maximum Gasteiger partial charge on any atom is 0.294 e. The maximum atomic E-state index is 11.5. The Bertz CT molecular complexity index is 533. The minimum Gasteiger partial charge on any atom is -0.424 e. The van der Waals surface area contributed by atoms with Gasteiger partial charge in [0, 0.05) is 0 Å². The van der Waals surface area contributed by atoms with E-state index in [-0.39, 0.29) is 5.82 Å². The van der Waals surface area contributed by atoms with E-state index in [1.807, 2.05) is 0 Å². The maximum absolute atomic E-state index is 11.5. The Hall–Kier alpha value is -1.88. The first-order chi connectivity index (χ1) is 6.74. The van der Waals surface area contributed by atoms with Crippen LogP contribution in [0, 0.1) is 0 Å². The van der Waals surface area contributed by atoms with Gasteiger partial charge in [0.15, 0.2) is 5.82 Å². The monoisotopic (exact) mass is 192 g/mol. The molecule has 14 heavy (non-hydrogen) atoms. The Kier molecular flexibility index (Phi) is 1.94. The molecule has 0 unspecified atom stereocenters. The molecular formula is C9H8N2O3. The Labute approximate surface area is 78.8 Å². The Morgan fingerprint density at radius 2 is 2.07 bits per heavy atom. The van der Waals surface area contributed by atoms with E-state index in [1.165, 1.54) is 0 Å². The predicted molar refractivity (Wildman–Crippen MR) is 49.1 cm³/mol. The number of aromatic nitrogens is 2. The molecular weight excluding hydrogens is 184 g/mol. The quantitative estimate of drug-likeness (QED) is 0.629. The van der Waals surface area contributed by atoms with Crippen LogP contribution in [-0.4, -0.2) is 20.0 Å². The Balaban J connectivity index is 2.92. The molecule has 0 radical (unpaired) electrons. The smallest absolute Gasteiger partial charge is 0.294 e. The number of aliphatic hydroxyl groups is 1. The van der Waals surface area contributed by atoms with Crippen LogP contribution in [-0.2, 0) is 6.61 Å². The third kappa shape index (κ3) is 1.14. The number of fused-ring (bicyclic) bond motifs is 1. The summed E-state index contributed by atoms with van der Waals surface area (Å²) in [5, 5.41) is 18.4. The van der Waals surface area contributed by atoms with E-state index >= 15 is 0 Å². The van der Waals surface area contributed by atoms with Crippen molar-refractivity contribution in [1.82, 2.24) is 9.71 Å². The number of aliphatic hydroxyl groups excluding tert-OH is 1. The van der Waals surface area contributed by atoms with Gasteiger partial charge in [-0.3, -0.25) is 4.79 Å². The normalized spacial score (nSPS) is 10.6. The van der Waals surface area contributed by atoms with Crippen molar-refractivity contribution in [2.45, 2.75) is 6.61 Å². The van der Waals surface area contributed by atoms with Gasteiger partial charge in [-0.2, -0.15) is 0 Å². The number of para-hydroxylation sites is 1. The SMILES string of the molecule is O=c1c2ccccc2nc(CO)n1O. The van der Waals surface area contributed by atoms with Crippen LogP contribution in [0.4, 0.5) is 0 Å². The highest BCUT2D eigenvalue weighted by Crippen LogP contribution is 2.06. The van der Waals surface area contributed by atoms with Crippen LogP contribution in [0.1, 0.15) is 5.82 Å². The molecule has 1 aromatic heterocycles. The molecule has 0 saturated carbocycles. The topological polar surface area (TPSA) is 75.3 Å². The molecule has 0 spiro atoms. The summed E-state index contributed by atoms with van der Waals surface area (Å²) in [6.07, 6.45) is 0. The van der Waals surface area contributed by atoms with Crippen LogP contribution in [0.2, 0.25) is 0 Å². The minimum atomic E-state index is -0.570. The van der Waals surface area contributed by atoms with E-state index in [4.69, 9.17) is 5.11 Å². The van der Waals surface area contributed by atoms with Gasteiger partial charge in [-0.25, -0.2) is 4.98 Å². The summed E-state index contributed by atoms with van der Waals surface area (Å²) in [5.74, 6) is -0.0614. The average Bonchev–Trinajstić information content (AvgIpc) is 2.23. The molecule has 0 saturated heterocycles. The summed E-state index contributed by atoms with van der Waals surface area (Å²) in [6.45, 7) is -0.476. The van der Waals surface area contributed by atoms with Gasteiger partial charge in [-0.05, 0) is 12.1 Å². The van der Waals surface area contributed by atoms with Gasteiger partial charge < -0.3 is 10.3 Å². The number of nitrogens with zero attached hydrogens (tertiary/aromatic N) is 2. The van der Waals surface area contributed by atoms with E-state index in [9.17, 15) is 10.0 Å². The summed E-state index contributed by atoms with van der Waals surface area (Å²) in [4.78, 5) is 15.4. The molecule has 5 heteroatoms. The van der Waals surface area contributed by atoms with E-state index in [0.717, 1.165) is 0 Å². The van der Waals surface area contributed by atoms with E-state index in [2.05, 4.69) is 4.98 Å². The summed E-state index contributed by atoms with van der Waals surface area (Å²) < 4.78 is 0.363. The minimum absolute atomic E-state index is 0.0614. The highest BCUT2D eigenvalue weighted by molar-refractivity contribution is 5.77. The largest absolute Gasteiger partial charge is 0.424 e. The third-order valence-corrected chi connectivity index (χ3v) is 1.96. The van der Waals surface area contributed by atoms with Crippen molar-refractivity contribution >= 4 is 10.9 Å². The fourth-order valence-corrected chi connectivity index (χ4v) is 1.27. The molecule has 0 aliphatic heterocycles. The molecule has 2 aromatic rings. The van der Waals surface area contributed by atoms with Gasteiger partial charge in [-0.1, -0.05) is 12.1 Å². The number of benzene rings is 1. The van der Waals surface area contributed by atoms with E-state index < -0.39 is 12.2 Å². The van der Waals surface area contributed by atoms with Gasteiger partial charge in [0.1, 0.15) is 6.61 Å². The van der Waals surface area contributed by atoms with Gasteiger partial charge in [0.2, 0.25) is 0 Å². The van der Waals surface area contributed by atoms with Crippen LogP contribution >= 0.6 is 0 Å². The third-order valence-electron chi connectivity index (χ3n) is 1.96. The zero-order valence-corrected chi connectivity index (χ0v) is 7.21. The lowest BCUT2D eigenvalue weighted by molar-refractivity contribution is 0.138. The van der Waals surface area contributed by atoms with E-state index in [0.29, 0.717) is 15.6 Å². The van der Waals surface area contributed by atoms with Crippen LogP contribution < -0.4 is 5.56 Å². The fraction of sp³-hybridized carbons (Fsp3) is 0.111. The lowest BCUT2D eigenvalue weighted by Gasteiger charge is -2.03. The zero-order chi connectivity index (χ0) is 10.1. The molecule has 1 aromatic carbocycles. The molecule has 0 aliphatic carbocycles. The first-order valence-corrected chi connectivity index (χ1v) is 4.05. The predicted octanol–water partition coefficient (Wildman–Crippen LogP) is 0.126. The van der Waals surface area contributed by atoms with Crippen molar-refractivity contribution in [1.29, 1.82) is 0 Å². The average molecular weight is 192 g/mol. The fourth-order valence-electron chi connectivity index (χ4n) is 1.27. The van der Waals surface area contributed by atoms with Gasteiger partial charge >= 0.3 is 0 Å². The molecule has 1 heterocycles. The molecule has 0 amide bonds. The lowest BCUT2D eigenvalue weighted by atomic mass is 10.2. The Morgan fingerprint density at radius 3 is 2.79 bits per heavy atom. The van der Waals surface area contributed by atoms with Crippen LogP contribution in [0.25, 0.3) is 10.9 Å². The molecule has 0 atom stereocenters. The Morgan fingerprint density at radius 1 is 1.36 bits per heavy atom. The molecule has 0 fully saturated rings. The summed E-state index contributed by atoms with van der Waals surface area (Å²) >= 11 is 0. The molecule has 0 aliphatic rings. The molecule has 0 bridgehead atoms. The molecule has 5 nitrogen and oxygen atoms in total. The highest BCUT2D eigenvalue weighted by Gasteiger charge is 2.07. The number of hydrogen-bond donors (Lipinski definition) is 2. The first-order valence-electron chi connectivity index (χ1n) is 4.05. The van der Waals surface area contributed by atoms with Crippen molar-refractivity contribution in [2.75, 3.05) is 0 Å². The van der Waals surface area contributed by atoms with Crippen LogP contribution in [0.5, 0.6) is 0 Å². The summed E-state index contributed by atoms with van der Waals surface area (Å²) in [7, 11) is 0. The van der Waals surface area contributed by atoms with Crippen molar-refractivity contribution in [3.63, 3.8) is 0 Å². The summed E-state index contributed by atoms with van der Waals surface area (Å²) in [6, 6.07) is 6.64. The van der Waals surface area contributed by atoms with Crippen molar-refractivity contribution in [3.05, 3.63) is 40.4 Å². The lowest BCUT2D eigenvalue weighted by Crippen LogP contribution is -2.23. The first kappa shape index (κ1) is 8.71. The van der Waals surface area contributed by atoms with Gasteiger partial charge in [0.05, 0.1) is 10.9 Å². The van der Waals surface area contributed by atoms with E-state index in [1.54, 1.807) is 24.3 Å². The highest BCUT2D eigenvalue weighted by atomic mass is 16.5. The number of rotatable bonds is 1. The second kappa shape index (κ2) is 3.12. The van der Waals surface area contributed by atoms with Crippen LogP contribution in [0.15, 0.2) is 29.1 Å².